The van der Waals surface area contributed by atoms with Crippen LogP contribution < -0.4 is 10.6 Å². The zero-order chi connectivity index (χ0) is 20.4. The Morgan fingerprint density at radius 3 is 1.17 bits per heavy atom. The number of nitrogens with one attached hydrogen (secondary N) is 2. The molecule has 2 nitrogen and oxygen atoms in total. The SMILES string of the molecule is c1cc(CNC2CCCCC2)ccc1CCc1ccc(CNC2CCCCC2)cc1. The molecule has 2 saturated carbocycles. The maximum atomic E-state index is 3.75. The minimum atomic E-state index is 0.735. The van der Waals surface area contributed by atoms with Crippen molar-refractivity contribution in [2.45, 2.75) is 102 Å². The molecular formula is C28H40N2. The fraction of sp³-hybridized carbons (Fsp3) is 0.571. The lowest BCUT2D eigenvalue weighted by atomic mass is 9.95. The molecule has 0 unspecified atom stereocenters. The van der Waals surface area contributed by atoms with Gasteiger partial charge in [0.25, 0.3) is 0 Å². The number of hydrogen-bond donors (Lipinski definition) is 2. The van der Waals surface area contributed by atoms with Crippen LogP contribution in [0.5, 0.6) is 0 Å². The number of rotatable bonds is 9. The van der Waals surface area contributed by atoms with Crippen molar-refractivity contribution in [3.8, 4) is 0 Å². The van der Waals surface area contributed by atoms with Gasteiger partial charge in [0.1, 0.15) is 0 Å². The Hall–Kier alpha value is -1.64. The number of aryl methyl sites for hydroxylation is 2. The van der Waals surface area contributed by atoms with Gasteiger partial charge in [-0.05, 0) is 60.8 Å². The molecule has 2 aliphatic carbocycles. The summed E-state index contributed by atoms with van der Waals surface area (Å²) in [4.78, 5) is 0. The lowest BCUT2D eigenvalue weighted by molar-refractivity contribution is 0.372. The molecule has 0 spiro atoms. The summed E-state index contributed by atoms with van der Waals surface area (Å²) in [6.45, 7) is 2.03. The van der Waals surface area contributed by atoms with Gasteiger partial charge < -0.3 is 10.6 Å². The Bertz CT molecular complexity index is 657. The van der Waals surface area contributed by atoms with Gasteiger partial charge in [-0.2, -0.15) is 0 Å². The Labute approximate surface area is 183 Å². The third-order valence-corrected chi connectivity index (χ3v) is 7.15. The highest BCUT2D eigenvalue weighted by atomic mass is 14.9. The van der Waals surface area contributed by atoms with Gasteiger partial charge in [-0.1, -0.05) is 87.1 Å². The maximum absolute atomic E-state index is 3.75. The van der Waals surface area contributed by atoms with E-state index in [1.807, 2.05) is 0 Å². The van der Waals surface area contributed by atoms with Crippen LogP contribution in [0.25, 0.3) is 0 Å². The molecule has 0 bridgehead atoms. The largest absolute Gasteiger partial charge is 0.310 e. The maximum Gasteiger partial charge on any atom is 0.0208 e. The number of benzene rings is 2. The molecule has 0 radical (unpaired) electrons. The van der Waals surface area contributed by atoms with Crippen LogP contribution in [0, 0.1) is 0 Å². The highest BCUT2D eigenvalue weighted by molar-refractivity contribution is 5.26. The summed E-state index contributed by atoms with van der Waals surface area (Å²) < 4.78 is 0. The van der Waals surface area contributed by atoms with Crippen molar-refractivity contribution in [2.75, 3.05) is 0 Å². The molecule has 162 valence electrons. The van der Waals surface area contributed by atoms with Crippen LogP contribution in [0.2, 0.25) is 0 Å². The van der Waals surface area contributed by atoms with Crippen LogP contribution in [0.15, 0.2) is 48.5 Å². The Balaban J connectivity index is 1.17. The van der Waals surface area contributed by atoms with E-state index < -0.39 is 0 Å². The van der Waals surface area contributed by atoms with Crippen molar-refractivity contribution in [1.29, 1.82) is 0 Å². The average molecular weight is 405 g/mol. The lowest BCUT2D eigenvalue weighted by Gasteiger charge is -2.23. The van der Waals surface area contributed by atoms with E-state index in [4.69, 9.17) is 0 Å². The van der Waals surface area contributed by atoms with Crippen molar-refractivity contribution in [1.82, 2.24) is 10.6 Å². The van der Waals surface area contributed by atoms with Crippen molar-refractivity contribution in [2.24, 2.45) is 0 Å². The third kappa shape index (κ3) is 6.96. The normalized spacial score (nSPS) is 18.5. The fourth-order valence-electron chi connectivity index (χ4n) is 5.07. The fourth-order valence-corrected chi connectivity index (χ4v) is 5.07. The first kappa shape index (κ1) is 21.6. The second-order valence-electron chi connectivity index (χ2n) is 9.56. The van der Waals surface area contributed by atoms with Crippen LogP contribution >= 0.6 is 0 Å². The first-order valence-electron chi connectivity index (χ1n) is 12.5. The van der Waals surface area contributed by atoms with Gasteiger partial charge in [-0.25, -0.2) is 0 Å². The van der Waals surface area contributed by atoms with Gasteiger partial charge in [0.2, 0.25) is 0 Å². The van der Waals surface area contributed by atoms with Gasteiger partial charge in [-0.15, -0.1) is 0 Å². The van der Waals surface area contributed by atoms with Crippen LogP contribution in [-0.4, -0.2) is 12.1 Å². The summed E-state index contributed by atoms with van der Waals surface area (Å²) in [5, 5.41) is 7.49. The molecule has 0 heterocycles. The highest BCUT2D eigenvalue weighted by Gasteiger charge is 2.13. The number of hydrogen-bond acceptors (Lipinski definition) is 2. The Morgan fingerprint density at radius 2 is 0.800 bits per heavy atom. The molecule has 0 saturated heterocycles. The predicted octanol–water partition coefficient (Wildman–Crippen LogP) is 6.32. The molecule has 2 fully saturated rings. The van der Waals surface area contributed by atoms with Crippen molar-refractivity contribution < 1.29 is 0 Å². The van der Waals surface area contributed by atoms with E-state index in [9.17, 15) is 0 Å². The van der Waals surface area contributed by atoms with Crippen LogP contribution in [0.4, 0.5) is 0 Å². The second-order valence-corrected chi connectivity index (χ2v) is 9.56. The molecule has 0 aliphatic heterocycles. The quantitative estimate of drug-likeness (QED) is 0.511. The van der Waals surface area contributed by atoms with E-state index in [0.717, 1.165) is 38.0 Å². The van der Waals surface area contributed by atoms with E-state index in [1.54, 1.807) is 0 Å². The van der Waals surface area contributed by atoms with E-state index in [2.05, 4.69) is 59.2 Å². The standard InChI is InChI=1S/C28H40N2/c1-3-7-27(8-4-1)29-21-25-17-13-23(14-18-25)11-12-24-15-19-26(20-16-24)22-30-28-9-5-2-6-10-28/h13-20,27-30H,1-12,21-22H2. The van der Waals surface area contributed by atoms with Gasteiger partial charge >= 0.3 is 0 Å². The smallest absolute Gasteiger partial charge is 0.0208 e. The van der Waals surface area contributed by atoms with Gasteiger partial charge in [0.05, 0.1) is 0 Å². The summed E-state index contributed by atoms with van der Waals surface area (Å²) in [6.07, 6.45) is 16.1. The topological polar surface area (TPSA) is 24.1 Å². The molecule has 2 N–H and O–H groups in total. The summed E-state index contributed by atoms with van der Waals surface area (Å²) >= 11 is 0. The minimum Gasteiger partial charge on any atom is -0.310 e. The summed E-state index contributed by atoms with van der Waals surface area (Å²) in [6, 6.07) is 20.0. The Kier molecular flexibility index (Phi) is 8.40. The molecule has 2 aromatic rings. The molecule has 4 rings (SSSR count). The highest BCUT2D eigenvalue weighted by Crippen LogP contribution is 2.19. The lowest BCUT2D eigenvalue weighted by Crippen LogP contribution is -2.30. The molecule has 0 atom stereocenters. The zero-order valence-electron chi connectivity index (χ0n) is 18.7. The van der Waals surface area contributed by atoms with Crippen LogP contribution in [0.1, 0.15) is 86.5 Å². The predicted molar refractivity (Wildman–Crippen MR) is 128 cm³/mol. The molecule has 2 aromatic carbocycles. The van der Waals surface area contributed by atoms with E-state index in [-0.39, 0.29) is 0 Å². The van der Waals surface area contributed by atoms with E-state index in [0.29, 0.717) is 0 Å². The molecular weight excluding hydrogens is 364 g/mol. The summed E-state index contributed by atoms with van der Waals surface area (Å²) in [5.74, 6) is 0. The molecule has 0 aromatic heterocycles. The zero-order valence-corrected chi connectivity index (χ0v) is 18.7. The monoisotopic (exact) mass is 404 g/mol. The molecule has 30 heavy (non-hydrogen) atoms. The molecule has 2 aliphatic rings. The molecule has 2 heteroatoms. The Morgan fingerprint density at radius 1 is 0.467 bits per heavy atom. The summed E-state index contributed by atoms with van der Waals surface area (Å²) in [7, 11) is 0. The first-order valence-corrected chi connectivity index (χ1v) is 12.5. The third-order valence-electron chi connectivity index (χ3n) is 7.15. The average Bonchev–Trinajstić information content (AvgIpc) is 2.83. The first-order chi connectivity index (χ1) is 14.8. The summed E-state index contributed by atoms with van der Waals surface area (Å²) in [5.41, 5.74) is 5.72. The van der Waals surface area contributed by atoms with Gasteiger partial charge in [0, 0.05) is 25.2 Å². The molecule has 0 amide bonds. The van der Waals surface area contributed by atoms with Gasteiger partial charge in [-0.3, -0.25) is 0 Å². The van der Waals surface area contributed by atoms with E-state index in [1.165, 1.54) is 86.5 Å². The van der Waals surface area contributed by atoms with Crippen molar-refractivity contribution in [3.63, 3.8) is 0 Å². The van der Waals surface area contributed by atoms with Crippen LogP contribution in [0.3, 0.4) is 0 Å². The van der Waals surface area contributed by atoms with E-state index >= 15 is 0 Å². The van der Waals surface area contributed by atoms with Gasteiger partial charge in [0.15, 0.2) is 0 Å². The van der Waals surface area contributed by atoms with Crippen molar-refractivity contribution >= 4 is 0 Å². The second kappa shape index (κ2) is 11.7. The van der Waals surface area contributed by atoms with Crippen LogP contribution in [-0.2, 0) is 25.9 Å². The van der Waals surface area contributed by atoms with Crippen molar-refractivity contribution in [3.05, 3.63) is 70.8 Å². The minimum absolute atomic E-state index is 0.735.